The third-order valence-corrected chi connectivity index (χ3v) is 6.81. The van der Waals surface area contributed by atoms with E-state index in [-0.39, 0.29) is 18.4 Å². The fraction of sp³-hybridized carbons (Fsp3) is 0.333. The van der Waals surface area contributed by atoms with Gasteiger partial charge in [-0.3, -0.25) is 4.79 Å². The first-order valence-electron chi connectivity index (χ1n) is 13.9. The molecular weight excluding hydrogens is 488 g/mol. The molecule has 1 aliphatic rings. The highest BCUT2D eigenvalue weighted by Crippen LogP contribution is 2.32. The van der Waals surface area contributed by atoms with Crippen LogP contribution in [0.4, 0.5) is 5.69 Å². The summed E-state index contributed by atoms with van der Waals surface area (Å²) >= 11 is 0. The van der Waals surface area contributed by atoms with E-state index in [0.29, 0.717) is 19.0 Å². The van der Waals surface area contributed by atoms with Crippen LogP contribution in [0, 0.1) is 0 Å². The summed E-state index contributed by atoms with van der Waals surface area (Å²) in [6.07, 6.45) is 6.90. The van der Waals surface area contributed by atoms with Gasteiger partial charge in [0.15, 0.2) is 0 Å². The van der Waals surface area contributed by atoms with Crippen LogP contribution in [0.15, 0.2) is 78.9 Å². The summed E-state index contributed by atoms with van der Waals surface area (Å²) in [5.74, 6) is 0.146. The second-order valence-corrected chi connectivity index (χ2v) is 9.59. The van der Waals surface area contributed by atoms with Gasteiger partial charge in [-0.1, -0.05) is 60.7 Å². The smallest absolute Gasteiger partial charge is 0.330 e. The monoisotopic (exact) mass is 526 g/mol. The molecule has 0 radical (unpaired) electrons. The van der Waals surface area contributed by atoms with Gasteiger partial charge >= 0.3 is 5.97 Å². The zero-order chi connectivity index (χ0) is 27.5. The number of nitrogens with one attached hydrogen (secondary N) is 1. The molecule has 3 aromatic rings. The number of para-hydroxylation sites is 1. The highest BCUT2D eigenvalue weighted by atomic mass is 16.5. The second kappa shape index (κ2) is 14.2. The molecule has 1 saturated heterocycles. The summed E-state index contributed by atoms with van der Waals surface area (Å²) in [6.45, 7) is 6.53. The number of carbonyl (C=O) groups is 2. The van der Waals surface area contributed by atoms with E-state index in [4.69, 9.17) is 9.47 Å². The first-order chi connectivity index (χ1) is 19.1. The Morgan fingerprint density at radius 2 is 1.67 bits per heavy atom. The average molecular weight is 527 g/mol. The van der Waals surface area contributed by atoms with Crippen LogP contribution in [0.1, 0.15) is 61.4 Å². The van der Waals surface area contributed by atoms with E-state index in [1.807, 2.05) is 49.4 Å². The summed E-state index contributed by atoms with van der Waals surface area (Å²) in [5.41, 5.74) is 4.92. The first-order valence-corrected chi connectivity index (χ1v) is 13.9. The Kier molecular flexibility index (Phi) is 10.2. The molecule has 1 unspecified atom stereocenters. The number of anilines is 1. The van der Waals surface area contributed by atoms with Crippen LogP contribution in [0.2, 0.25) is 0 Å². The van der Waals surface area contributed by atoms with Crippen molar-refractivity contribution >= 4 is 23.6 Å². The number of ether oxygens (including phenoxy) is 2. The largest absolute Gasteiger partial charge is 0.493 e. The number of hydrogen-bond acceptors (Lipinski definition) is 5. The standard InChI is InChI=1S/C33H38N2O4/c1-3-38-30-23-25(17-18-26(30)19-20-32(37)39-4-2)24-31(36)34-33(27-13-7-5-8-14-27)28-15-9-10-16-29(28)35-21-11-6-12-22-35/h5,7-10,13-20,23,33H,3-4,6,11-12,21-22,24H2,1-2H3,(H,34,36). The van der Waals surface area contributed by atoms with Gasteiger partial charge in [0.1, 0.15) is 5.75 Å². The number of benzene rings is 3. The molecule has 0 saturated carbocycles. The van der Waals surface area contributed by atoms with Crippen molar-refractivity contribution in [3.63, 3.8) is 0 Å². The van der Waals surface area contributed by atoms with E-state index in [2.05, 4.69) is 40.5 Å². The number of hydrogen-bond donors (Lipinski definition) is 1. The molecule has 3 aromatic carbocycles. The Morgan fingerprint density at radius 1 is 0.923 bits per heavy atom. The molecule has 1 aliphatic heterocycles. The Hall–Kier alpha value is -4.06. The zero-order valence-corrected chi connectivity index (χ0v) is 22.9. The molecule has 0 aromatic heterocycles. The van der Waals surface area contributed by atoms with E-state index >= 15 is 0 Å². The average Bonchev–Trinajstić information content (AvgIpc) is 2.97. The lowest BCUT2D eigenvalue weighted by molar-refractivity contribution is -0.137. The molecule has 1 heterocycles. The summed E-state index contributed by atoms with van der Waals surface area (Å²) in [5, 5.41) is 3.32. The molecule has 0 aliphatic carbocycles. The predicted molar refractivity (Wildman–Crippen MR) is 156 cm³/mol. The van der Waals surface area contributed by atoms with E-state index < -0.39 is 5.97 Å². The number of amides is 1. The van der Waals surface area contributed by atoms with Crippen LogP contribution in [-0.4, -0.2) is 38.2 Å². The molecule has 6 heteroatoms. The maximum atomic E-state index is 13.5. The van der Waals surface area contributed by atoms with Crippen molar-refractivity contribution in [3.05, 3.63) is 101 Å². The molecule has 1 fully saturated rings. The number of esters is 1. The maximum Gasteiger partial charge on any atom is 0.330 e. The van der Waals surface area contributed by atoms with Gasteiger partial charge in [-0.15, -0.1) is 0 Å². The highest BCUT2D eigenvalue weighted by molar-refractivity contribution is 5.87. The molecule has 6 nitrogen and oxygen atoms in total. The minimum atomic E-state index is -0.403. The van der Waals surface area contributed by atoms with E-state index in [9.17, 15) is 9.59 Å². The maximum absolute atomic E-state index is 13.5. The van der Waals surface area contributed by atoms with Crippen LogP contribution in [0.25, 0.3) is 6.08 Å². The van der Waals surface area contributed by atoms with Crippen LogP contribution >= 0.6 is 0 Å². The van der Waals surface area contributed by atoms with E-state index in [0.717, 1.165) is 35.3 Å². The van der Waals surface area contributed by atoms with Crippen molar-refractivity contribution in [2.24, 2.45) is 0 Å². The van der Waals surface area contributed by atoms with Gasteiger partial charge in [0.05, 0.1) is 25.7 Å². The Balaban J connectivity index is 1.56. The van der Waals surface area contributed by atoms with Crippen LogP contribution in [-0.2, 0) is 20.7 Å². The molecule has 1 amide bonds. The topological polar surface area (TPSA) is 67.9 Å². The van der Waals surface area contributed by atoms with Gasteiger partial charge in [-0.25, -0.2) is 4.79 Å². The van der Waals surface area contributed by atoms with Crippen molar-refractivity contribution in [1.82, 2.24) is 5.32 Å². The summed E-state index contributed by atoms with van der Waals surface area (Å²) in [4.78, 5) is 27.7. The molecule has 0 spiro atoms. The fourth-order valence-corrected chi connectivity index (χ4v) is 4.99. The summed E-state index contributed by atoms with van der Waals surface area (Å²) in [6, 6.07) is 23.9. The number of nitrogens with zero attached hydrogens (tertiary/aromatic N) is 1. The molecule has 1 N–H and O–H groups in total. The van der Waals surface area contributed by atoms with Crippen LogP contribution in [0.5, 0.6) is 5.75 Å². The van der Waals surface area contributed by atoms with Crippen molar-refractivity contribution < 1.29 is 19.1 Å². The van der Waals surface area contributed by atoms with Gasteiger partial charge in [-0.2, -0.15) is 0 Å². The third-order valence-electron chi connectivity index (χ3n) is 6.81. The van der Waals surface area contributed by atoms with E-state index in [1.165, 1.54) is 31.0 Å². The lowest BCUT2D eigenvalue weighted by Gasteiger charge is -2.33. The van der Waals surface area contributed by atoms with Crippen molar-refractivity contribution in [1.29, 1.82) is 0 Å². The van der Waals surface area contributed by atoms with Gasteiger partial charge in [0, 0.05) is 36.0 Å². The number of piperidine rings is 1. The quantitative estimate of drug-likeness (QED) is 0.242. The Labute approximate surface area is 231 Å². The minimum Gasteiger partial charge on any atom is -0.493 e. The van der Waals surface area contributed by atoms with Crippen molar-refractivity contribution in [2.75, 3.05) is 31.2 Å². The second-order valence-electron chi connectivity index (χ2n) is 9.59. The molecular formula is C33H38N2O4. The molecule has 204 valence electrons. The van der Waals surface area contributed by atoms with Crippen LogP contribution in [0.3, 0.4) is 0 Å². The number of rotatable bonds is 11. The predicted octanol–water partition coefficient (Wildman–Crippen LogP) is 6.10. The zero-order valence-electron chi connectivity index (χ0n) is 22.9. The van der Waals surface area contributed by atoms with Gasteiger partial charge in [0.2, 0.25) is 5.91 Å². The Bertz CT molecular complexity index is 1270. The van der Waals surface area contributed by atoms with Crippen molar-refractivity contribution in [3.8, 4) is 5.75 Å². The normalized spacial score (nSPS) is 14.2. The highest BCUT2D eigenvalue weighted by Gasteiger charge is 2.23. The summed E-state index contributed by atoms with van der Waals surface area (Å²) < 4.78 is 10.8. The minimum absolute atomic E-state index is 0.0745. The van der Waals surface area contributed by atoms with Gasteiger partial charge < -0.3 is 19.7 Å². The third kappa shape index (κ3) is 7.73. The summed E-state index contributed by atoms with van der Waals surface area (Å²) in [7, 11) is 0. The van der Waals surface area contributed by atoms with Crippen LogP contribution < -0.4 is 15.0 Å². The van der Waals surface area contributed by atoms with Gasteiger partial charge in [0.25, 0.3) is 0 Å². The SMILES string of the molecule is CCOC(=O)C=Cc1ccc(CC(=O)NC(c2ccccc2)c2ccccc2N2CCCCC2)cc1OCC. The first kappa shape index (κ1) is 28.0. The van der Waals surface area contributed by atoms with Gasteiger partial charge in [-0.05, 0) is 62.4 Å². The van der Waals surface area contributed by atoms with E-state index in [1.54, 1.807) is 13.0 Å². The molecule has 39 heavy (non-hydrogen) atoms. The lowest BCUT2D eigenvalue weighted by atomic mass is 9.95. The molecule has 1 atom stereocenters. The number of carbonyl (C=O) groups excluding carboxylic acids is 2. The molecule has 4 rings (SSSR count). The Morgan fingerprint density at radius 3 is 2.41 bits per heavy atom. The van der Waals surface area contributed by atoms with Crippen molar-refractivity contribution in [2.45, 2.75) is 45.6 Å². The lowest BCUT2D eigenvalue weighted by Crippen LogP contribution is -2.34. The fourth-order valence-electron chi connectivity index (χ4n) is 4.99. The molecule has 0 bridgehead atoms.